The first-order valence-electron chi connectivity index (χ1n) is 10.5. The van der Waals surface area contributed by atoms with Crippen molar-refractivity contribution in [3.63, 3.8) is 0 Å². The number of rotatable bonds is 4. The van der Waals surface area contributed by atoms with Crippen LogP contribution < -0.4 is 5.56 Å². The van der Waals surface area contributed by atoms with Gasteiger partial charge in [-0.15, -0.1) is 5.10 Å². The highest BCUT2D eigenvalue weighted by molar-refractivity contribution is 5.94. The molecule has 0 aliphatic carbocycles. The lowest BCUT2D eigenvalue weighted by atomic mass is 10.1. The Bertz CT molecular complexity index is 1170. The second kappa shape index (κ2) is 9.07. The largest absolute Gasteiger partial charge is 0.341 e. The molecule has 3 aromatic rings. The Hall–Kier alpha value is -3.55. The maximum atomic E-state index is 12.8. The van der Waals surface area contributed by atoms with Crippen LogP contribution in [-0.4, -0.2) is 62.8 Å². The number of aromatic nitrogens is 3. The van der Waals surface area contributed by atoms with Crippen LogP contribution >= 0.6 is 0 Å². The SMILES string of the molecule is Cc1cccc(C(=O)N2CCCN(C(=O)CCn3nnc4ccccc4c3=O)CC2)c1. The second-order valence-electron chi connectivity index (χ2n) is 7.78. The van der Waals surface area contributed by atoms with Crippen LogP contribution in [0, 0.1) is 6.92 Å². The maximum absolute atomic E-state index is 12.8. The third-order valence-electron chi connectivity index (χ3n) is 5.57. The monoisotopic (exact) mass is 419 g/mol. The van der Waals surface area contributed by atoms with E-state index in [1.165, 1.54) is 4.68 Å². The van der Waals surface area contributed by atoms with Crippen molar-refractivity contribution < 1.29 is 9.59 Å². The fourth-order valence-electron chi connectivity index (χ4n) is 3.86. The van der Waals surface area contributed by atoms with E-state index in [-0.39, 0.29) is 30.3 Å². The van der Waals surface area contributed by atoms with E-state index in [1.54, 1.807) is 34.1 Å². The summed E-state index contributed by atoms with van der Waals surface area (Å²) in [7, 11) is 0. The number of carbonyl (C=O) groups is 2. The van der Waals surface area contributed by atoms with Gasteiger partial charge < -0.3 is 9.80 Å². The van der Waals surface area contributed by atoms with Crippen LogP contribution in [0.2, 0.25) is 0 Å². The molecule has 8 heteroatoms. The van der Waals surface area contributed by atoms with E-state index in [4.69, 9.17) is 0 Å². The first kappa shape index (κ1) is 20.7. The van der Waals surface area contributed by atoms with Crippen LogP contribution in [-0.2, 0) is 11.3 Å². The zero-order chi connectivity index (χ0) is 21.8. The minimum atomic E-state index is -0.246. The normalized spacial score (nSPS) is 14.5. The van der Waals surface area contributed by atoms with Crippen LogP contribution in [0.5, 0.6) is 0 Å². The first-order valence-corrected chi connectivity index (χ1v) is 10.5. The fourth-order valence-corrected chi connectivity index (χ4v) is 3.86. The van der Waals surface area contributed by atoms with Crippen LogP contribution in [0.4, 0.5) is 0 Å². The molecule has 1 aromatic heterocycles. The molecule has 0 radical (unpaired) electrons. The average molecular weight is 419 g/mol. The number of carbonyl (C=O) groups excluding carboxylic acids is 2. The van der Waals surface area contributed by atoms with Gasteiger partial charge in [-0.05, 0) is 37.6 Å². The zero-order valence-corrected chi connectivity index (χ0v) is 17.5. The second-order valence-corrected chi connectivity index (χ2v) is 7.78. The quantitative estimate of drug-likeness (QED) is 0.644. The molecule has 2 amide bonds. The fraction of sp³-hybridized carbons (Fsp3) is 0.348. The molecule has 1 fully saturated rings. The van der Waals surface area contributed by atoms with Crippen molar-refractivity contribution in [1.29, 1.82) is 0 Å². The highest BCUT2D eigenvalue weighted by Crippen LogP contribution is 2.12. The number of benzene rings is 2. The van der Waals surface area contributed by atoms with E-state index in [0.29, 0.717) is 42.6 Å². The molecular formula is C23H25N5O3. The van der Waals surface area contributed by atoms with E-state index >= 15 is 0 Å². The number of nitrogens with zero attached hydrogens (tertiary/aromatic N) is 5. The number of amides is 2. The lowest BCUT2D eigenvalue weighted by Gasteiger charge is -2.22. The smallest absolute Gasteiger partial charge is 0.277 e. The van der Waals surface area contributed by atoms with Crippen molar-refractivity contribution in [1.82, 2.24) is 24.8 Å². The van der Waals surface area contributed by atoms with E-state index in [9.17, 15) is 14.4 Å². The number of fused-ring (bicyclic) bond motifs is 1. The highest BCUT2D eigenvalue weighted by atomic mass is 16.2. The van der Waals surface area contributed by atoms with Gasteiger partial charge in [0, 0.05) is 38.2 Å². The minimum Gasteiger partial charge on any atom is -0.341 e. The molecule has 0 N–H and O–H groups in total. The maximum Gasteiger partial charge on any atom is 0.277 e. The molecule has 1 aliphatic heterocycles. The van der Waals surface area contributed by atoms with Crippen LogP contribution in [0.3, 0.4) is 0 Å². The standard InChI is InChI=1S/C23H25N5O3/c1-17-6-4-7-18(16-17)22(30)27-12-5-11-26(14-15-27)21(29)10-13-28-23(31)19-8-2-3-9-20(19)24-25-28/h2-4,6-9,16H,5,10-15H2,1H3. The third kappa shape index (κ3) is 4.63. The summed E-state index contributed by atoms with van der Waals surface area (Å²) in [6.07, 6.45) is 0.887. The van der Waals surface area contributed by atoms with Crippen molar-refractivity contribution in [3.05, 3.63) is 70.0 Å². The van der Waals surface area contributed by atoms with Crippen LogP contribution in [0.1, 0.15) is 28.8 Å². The molecule has 160 valence electrons. The summed E-state index contributed by atoms with van der Waals surface area (Å²) in [5.74, 6) is -0.0531. The van der Waals surface area contributed by atoms with Crippen molar-refractivity contribution in [2.75, 3.05) is 26.2 Å². The Morgan fingerprint density at radius 1 is 0.968 bits per heavy atom. The van der Waals surface area contributed by atoms with Crippen LogP contribution in [0.25, 0.3) is 10.9 Å². The Labute approximate surface area is 180 Å². The van der Waals surface area contributed by atoms with E-state index in [2.05, 4.69) is 10.3 Å². The van der Waals surface area contributed by atoms with Crippen molar-refractivity contribution in [2.45, 2.75) is 26.3 Å². The molecule has 31 heavy (non-hydrogen) atoms. The van der Waals surface area contributed by atoms with E-state index in [0.717, 1.165) is 12.0 Å². The van der Waals surface area contributed by atoms with Gasteiger partial charge >= 0.3 is 0 Å². The van der Waals surface area contributed by atoms with Gasteiger partial charge in [-0.2, -0.15) is 0 Å². The predicted molar refractivity (Wildman–Crippen MR) is 117 cm³/mol. The molecule has 0 bridgehead atoms. The lowest BCUT2D eigenvalue weighted by molar-refractivity contribution is -0.131. The van der Waals surface area contributed by atoms with Gasteiger partial charge in [-0.3, -0.25) is 14.4 Å². The Morgan fingerprint density at radius 2 is 1.74 bits per heavy atom. The van der Waals surface area contributed by atoms with Gasteiger partial charge in [-0.1, -0.05) is 35.0 Å². The number of hydrogen-bond acceptors (Lipinski definition) is 5. The Balaban J connectivity index is 1.36. The summed E-state index contributed by atoms with van der Waals surface area (Å²) in [6.45, 7) is 4.33. The van der Waals surface area contributed by atoms with Crippen molar-refractivity contribution >= 4 is 22.7 Å². The minimum absolute atomic E-state index is 0.00371. The van der Waals surface area contributed by atoms with Crippen LogP contribution in [0.15, 0.2) is 53.3 Å². The summed E-state index contributed by atoms with van der Waals surface area (Å²) < 4.78 is 1.24. The summed E-state index contributed by atoms with van der Waals surface area (Å²) in [6, 6.07) is 14.6. The summed E-state index contributed by atoms with van der Waals surface area (Å²) in [5, 5.41) is 8.49. The van der Waals surface area contributed by atoms with Gasteiger partial charge in [0.25, 0.3) is 11.5 Å². The summed E-state index contributed by atoms with van der Waals surface area (Å²) >= 11 is 0. The van der Waals surface area contributed by atoms with Gasteiger partial charge in [0.15, 0.2) is 0 Å². The van der Waals surface area contributed by atoms with Gasteiger partial charge in [0.2, 0.25) is 5.91 Å². The van der Waals surface area contributed by atoms with E-state index in [1.807, 2.05) is 31.2 Å². The predicted octanol–water partition coefficient (Wildman–Crippen LogP) is 1.86. The third-order valence-corrected chi connectivity index (χ3v) is 5.57. The van der Waals surface area contributed by atoms with Crippen molar-refractivity contribution in [2.24, 2.45) is 0 Å². The molecule has 4 rings (SSSR count). The van der Waals surface area contributed by atoms with Gasteiger partial charge in [0.05, 0.1) is 11.9 Å². The van der Waals surface area contributed by atoms with Crippen molar-refractivity contribution in [3.8, 4) is 0 Å². The lowest BCUT2D eigenvalue weighted by Crippen LogP contribution is -2.38. The molecule has 2 aromatic carbocycles. The van der Waals surface area contributed by atoms with E-state index < -0.39 is 0 Å². The Morgan fingerprint density at radius 3 is 2.58 bits per heavy atom. The molecule has 0 spiro atoms. The molecule has 0 atom stereocenters. The zero-order valence-electron chi connectivity index (χ0n) is 17.5. The summed E-state index contributed by atoms with van der Waals surface area (Å²) in [5.41, 5.74) is 2.02. The molecule has 0 unspecified atom stereocenters. The number of aryl methyl sites for hydroxylation is 2. The molecule has 1 saturated heterocycles. The molecule has 2 heterocycles. The van der Waals surface area contributed by atoms with Gasteiger partial charge in [0.1, 0.15) is 5.52 Å². The molecule has 8 nitrogen and oxygen atoms in total. The molecule has 1 aliphatic rings. The molecular weight excluding hydrogens is 394 g/mol. The molecule has 0 saturated carbocycles. The number of hydrogen-bond donors (Lipinski definition) is 0. The average Bonchev–Trinajstić information content (AvgIpc) is 3.04. The summed E-state index contributed by atoms with van der Waals surface area (Å²) in [4.78, 5) is 41.7. The first-order chi connectivity index (χ1) is 15.0. The Kier molecular flexibility index (Phi) is 6.06. The van der Waals surface area contributed by atoms with Gasteiger partial charge in [-0.25, -0.2) is 4.68 Å². The highest BCUT2D eigenvalue weighted by Gasteiger charge is 2.23. The topological polar surface area (TPSA) is 88.4 Å².